The maximum atomic E-state index is 11.9. The van der Waals surface area contributed by atoms with E-state index in [1.165, 1.54) is 11.4 Å². The Hall–Kier alpha value is -0.820. The minimum Gasteiger partial charge on any atom is -0.399 e. The minimum absolute atomic E-state index is 0.159. The van der Waals surface area contributed by atoms with Gasteiger partial charge in [-0.2, -0.15) is 17.4 Å². The van der Waals surface area contributed by atoms with Crippen LogP contribution in [0.25, 0.3) is 0 Å². The molecule has 1 aromatic rings. The zero-order valence-electron chi connectivity index (χ0n) is 10.6. The molecule has 102 valence electrons. The molecule has 5 nitrogen and oxygen atoms in total. The molecule has 1 rings (SSSR count). The van der Waals surface area contributed by atoms with Gasteiger partial charge in [0.1, 0.15) is 0 Å². The monoisotopic (exact) mass is 291 g/mol. The summed E-state index contributed by atoms with van der Waals surface area (Å²) in [7, 11) is -2.01. The summed E-state index contributed by atoms with van der Waals surface area (Å²) in [5.74, 6) is 0. The number of halogens is 1. The molecule has 0 bridgehead atoms. The van der Waals surface area contributed by atoms with Gasteiger partial charge in [0.25, 0.3) is 10.2 Å². The van der Waals surface area contributed by atoms with Gasteiger partial charge in [-0.1, -0.05) is 11.6 Å². The summed E-state index contributed by atoms with van der Waals surface area (Å²) in [6, 6.07) is 4.84. The first-order chi connectivity index (χ1) is 8.22. The summed E-state index contributed by atoms with van der Waals surface area (Å²) in [4.78, 5) is 0. The summed E-state index contributed by atoms with van der Waals surface area (Å²) in [5, 5.41) is 0.496. The summed E-state index contributed by atoms with van der Waals surface area (Å²) >= 11 is 6.00. The van der Waals surface area contributed by atoms with Crippen molar-refractivity contribution in [3.05, 3.63) is 28.8 Å². The number of nitrogens with zero attached hydrogens (tertiary/aromatic N) is 1. The van der Waals surface area contributed by atoms with Gasteiger partial charge >= 0.3 is 0 Å². The van der Waals surface area contributed by atoms with Crippen LogP contribution in [-0.2, 0) is 16.8 Å². The van der Waals surface area contributed by atoms with Crippen molar-refractivity contribution in [2.24, 2.45) is 0 Å². The van der Waals surface area contributed by atoms with E-state index in [1.807, 2.05) is 0 Å². The third-order valence-electron chi connectivity index (χ3n) is 2.26. The molecular formula is C11H18ClN3O2S. The van der Waals surface area contributed by atoms with E-state index in [1.54, 1.807) is 32.0 Å². The van der Waals surface area contributed by atoms with E-state index in [9.17, 15) is 8.42 Å². The minimum atomic E-state index is -3.50. The Morgan fingerprint density at radius 2 is 2.06 bits per heavy atom. The topological polar surface area (TPSA) is 75.4 Å². The number of hydrogen-bond acceptors (Lipinski definition) is 3. The number of nitrogens with one attached hydrogen (secondary N) is 1. The molecule has 0 spiro atoms. The van der Waals surface area contributed by atoms with E-state index in [4.69, 9.17) is 17.3 Å². The fourth-order valence-corrected chi connectivity index (χ4v) is 2.69. The fourth-order valence-electron chi connectivity index (χ4n) is 1.43. The molecule has 7 heteroatoms. The van der Waals surface area contributed by atoms with Gasteiger partial charge in [0.05, 0.1) is 0 Å². The molecule has 0 heterocycles. The van der Waals surface area contributed by atoms with Crippen LogP contribution < -0.4 is 10.5 Å². The predicted octanol–water partition coefficient (Wildman–Crippen LogP) is 1.60. The maximum absolute atomic E-state index is 11.9. The number of hydrogen-bond donors (Lipinski definition) is 2. The molecule has 1 aromatic carbocycles. The molecule has 0 atom stereocenters. The van der Waals surface area contributed by atoms with E-state index in [0.717, 1.165) is 0 Å². The molecule has 0 aliphatic rings. The molecule has 18 heavy (non-hydrogen) atoms. The van der Waals surface area contributed by atoms with Gasteiger partial charge in [-0.15, -0.1) is 0 Å². The Morgan fingerprint density at radius 3 is 2.61 bits per heavy atom. The Kier molecular flexibility index (Phi) is 4.98. The second-order valence-electron chi connectivity index (χ2n) is 4.38. The van der Waals surface area contributed by atoms with Crippen molar-refractivity contribution in [3.63, 3.8) is 0 Å². The Morgan fingerprint density at radius 1 is 1.44 bits per heavy atom. The standard InChI is InChI=1S/C11H18ClN3O2S/c1-8(2)14-18(16,17)15(3)7-9-6-10(13)4-5-11(9)12/h4-6,8,14H,7,13H2,1-3H3. The van der Waals surface area contributed by atoms with Crippen LogP contribution in [0.2, 0.25) is 5.02 Å². The molecule has 3 N–H and O–H groups in total. The highest BCUT2D eigenvalue weighted by Gasteiger charge is 2.19. The van der Waals surface area contributed by atoms with E-state index in [2.05, 4.69) is 4.72 Å². The average molecular weight is 292 g/mol. The predicted molar refractivity (Wildman–Crippen MR) is 74.5 cm³/mol. The van der Waals surface area contributed by atoms with Gasteiger partial charge in [-0.25, -0.2) is 0 Å². The fraction of sp³-hybridized carbons (Fsp3) is 0.455. The highest BCUT2D eigenvalue weighted by Crippen LogP contribution is 2.20. The van der Waals surface area contributed by atoms with Crippen LogP contribution in [-0.4, -0.2) is 25.8 Å². The van der Waals surface area contributed by atoms with Gasteiger partial charge in [-0.3, -0.25) is 0 Å². The highest BCUT2D eigenvalue weighted by molar-refractivity contribution is 7.87. The highest BCUT2D eigenvalue weighted by atomic mass is 35.5. The lowest BCUT2D eigenvalue weighted by atomic mass is 10.2. The number of nitrogens with two attached hydrogens (primary N) is 1. The van der Waals surface area contributed by atoms with Crippen LogP contribution >= 0.6 is 11.6 Å². The number of rotatable bonds is 5. The Bertz CT molecular complexity index is 517. The van der Waals surface area contributed by atoms with E-state index < -0.39 is 10.2 Å². The molecule has 0 amide bonds. The Balaban J connectivity index is 2.87. The van der Waals surface area contributed by atoms with Crippen LogP contribution in [0.5, 0.6) is 0 Å². The van der Waals surface area contributed by atoms with Gasteiger partial charge in [0.2, 0.25) is 0 Å². The lowest BCUT2D eigenvalue weighted by Gasteiger charge is -2.20. The van der Waals surface area contributed by atoms with Gasteiger partial charge < -0.3 is 5.73 Å². The third-order valence-corrected chi connectivity index (χ3v) is 4.35. The molecule has 0 aliphatic heterocycles. The van der Waals surface area contributed by atoms with Crippen molar-refractivity contribution in [2.45, 2.75) is 26.4 Å². The maximum Gasteiger partial charge on any atom is 0.279 e. The van der Waals surface area contributed by atoms with Crippen molar-refractivity contribution < 1.29 is 8.42 Å². The molecule has 0 aromatic heterocycles. The molecular weight excluding hydrogens is 274 g/mol. The zero-order valence-corrected chi connectivity index (χ0v) is 12.2. The normalized spacial score (nSPS) is 12.3. The molecule has 0 fully saturated rings. The van der Waals surface area contributed by atoms with Gasteiger partial charge in [-0.05, 0) is 37.6 Å². The van der Waals surface area contributed by atoms with Crippen LogP contribution in [0.3, 0.4) is 0 Å². The first-order valence-corrected chi connectivity index (χ1v) is 7.31. The second-order valence-corrected chi connectivity index (χ2v) is 6.60. The quantitative estimate of drug-likeness (QED) is 0.809. The lowest BCUT2D eigenvalue weighted by molar-refractivity contribution is 0.449. The SMILES string of the molecule is CC(C)NS(=O)(=O)N(C)Cc1cc(N)ccc1Cl. The first kappa shape index (κ1) is 15.2. The number of nitrogen functional groups attached to an aromatic ring is 1. The van der Waals surface area contributed by atoms with Crippen molar-refractivity contribution in [3.8, 4) is 0 Å². The van der Waals surface area contributed by atoms with E-state index in [0.29, 0.717) is 16.3 Å². The van der Waals surface area contributed by atoms with Crippen molar-refractivity contribution in [2.75, 3.05) is 12.8 Å². The summed E-state index contributed by atoms with van der Waals surface area (Å²) < 4.78 is 27.5. The Labute approximate surface area is 113 Å². The van der Waals surface area contributed by atoms with E-state index in [-0.39, 0.29) is 12.6 Å². The van der Waals surface area contributed by atoms with Gasteiger partial charge in [0.15, 0.2) is 0 Å². The van der Waals surface area contributed by atoms with Crippen LogP contribution in [0.15, 0.2) is 18.2 Å². The van der Waals surface area contributed by atoms with Crippen molar-refractivity contribution >= 4 is 27.5 Å². The third kappa shape index (κ3) is 4.13. The lowest BCUT2D eigenvalue weighted by Crippen LogP contribution is -2.41. The van der Waals surface area contributed by atoms with Crippen molar-refractivity contribution in [1.29, 1.82) is 0 Å². The smallest absolute Gasteiger partial charge is 0.279 e. The molecule has 0 unspecified atom stereocenters. The first-order valence-electron chi connectivity index (χ1n) is 5.50. The summed E-state index contributed by atoms with van der Waals surface area (Å²) in [6.07, 6.45) is 0. The molecule has 0 aliphatic carbocycles. The second kappa shape index (κ2) is 5.88. The zero-order chi connectivity index (χ0) is 13.9. The number of benzene rings is 1. The van der Waals surface area contributed by atoms with Gasteiger partial charge in [0, 0.05) is 30.3 Å². The molecule has 0 radical (unpaired) electrons. The molecule has 0 saturated heterocycles. The number of anilines is 1. The van der Waals surface area contributed by atoms with Crippen LogP contribution in [0, 0.1) is 0 Å². The van der Waals surface area contributed by atoms with Crippen LogP contribution in [0.1, 0.15) is 19.4 Å². The van der Waals surface area contributed by atoms with E-state index >= 15 is 0 Å². The largest absolute Gasteiger partial charge is 0.399 e. The average Bonchev–Trinajstić information content (AvgIpc) is 2.21. The van der Waals surface area contributed by atoms with Crippen LogP contribution in [0.4, 0.5) is 5.69 Å². The molecule has 0 saturated carbocycles. The summed E-state index contributed by atoms with van der Waals surface area (Å²) in [6.45, 7) is 3.70. The van der Waals surface area contributed by atoms with Crippen molar-refractivity contribution in [1.82, 2.24) is 9.03 Å². The summed E-state index contributed by atoms with van der Waals surface area (Å²) in [5.41, 5.74) is 6.88.